The highest BCUT2D eigenvalue weighted by Crippen LogP contribution is 2.19. The van der Waals surface area contributed by atoms with Crippen LogP contribution in [0.2, 0.25) is 0 Å². The van der Waals surface area contributed by atoms with Gasteiger partial charge in [0, 0.05) is 38.7 Å². The predicted octanol–water partition coefficient (Wildman–Crippen LogP) is 2.47. The maximum absolute atomic E-state index is 12.4. The van der Waals surface area contributed by atoms with Crippen molar-refractivity contribution >= 4 is 23.5 Å². The van der Waals surface area contributed by atoms with Crippen molar-refractivity contribution in [2.75, 3.05) is 31.6 Å². The van der Waals surface area contributed by atoms with Gasteiger partial charge in [-0.3, -0.25) is 9.59 Å². The average Bonchev–Trinajstić information content (AvgIpc) is 2.61. The Morgan fingerprint density at radius 3 is 2.72 bits per heavy atom. The molecule has 1 saturated heterocycles. The van der Waals surface area contributed by atoms with E-state index in [1.54, 1.807) is 24.3 Å². The third kappa shape index (κ3) is 5.05. The molecule has 0 aliphatic carbocycles. The van der Waals surface area contributed by atoms with E-state index in [4.69, 9.17) is 4.74 Å². The number of anilines is 1. The van der Waals surface area contributed by atoms with Gasteiger partial charge in [-0.15, -0.1) is 0 Å². The van der Waals surface area contributed by atoms with Gasteiger partial charge in [0.05, 0.1) is 12.7 Å². The molecule has 1 aromatic rings. The van der Waals surface area contributed by atoms with E-state index in [0.717, 1.165) is 25.9 Å². The van der Waals surface area contributed by atoms with Crippen LogP contribution in [0.1, 0.15) is 43.5 Å². The average molecular weight is 346 g/mol. The molecule has 0 N–H and O–H groups in total. The molecule has 0 radical (unpaired) electrons. The largest absolute Gasteiger partial charge is 0.465 e. The molecule has 1 aliphatic rings. The molecule has 1 fully saturated rings. The van der Waals surface area contributed by atoms with E-state index in [1.807, 2.05) is 4.90 Å². The van der Waals surface area contributed by atoms with E-state index in [1.165, 1.54) is 18.9 Å². The lowest BCUT2D eigenvalue weighted by molar-refractivity contribution is -0.132. The smallest absolute Gasteiger partial charge is 0.337 e. The molecule has 0 bridgehead atoms. The molecular weight excluding hydrogens is 320 g/mol. The van der Waals surface area contributed by atoms with E-state index in [2.05, 4.69) is 6.92 Å². The van der Waals surface area contributed by atoms with Gasteiger partial charge in [-0.05, 0) is 37.0 Å². The first-order valence-corrected chi connectivity index (χ1v) is 8.66. The minimum atomic E-state index is -0.455. The lowest BCUT2D eigenvalue weighted by Gasteiger charge is -2.31. The topological polar surface area (TPSA) is 66.9 Å². The Morgan fingerprint density at radius 2 is 2.08 bits per heavy atom. The fourth-order valence-corrected chi connectivity index (χ4v) is 3.17. The van der Waals surface area contributed by atoms with E-state index < -0.39 is 5.97 Å². The molecule has 0 saturated carbocycles. The van der Waals surface area contributed by atoms with Gasteiger partial charge in [0.2, 0.25) is 11.8 Å². The number of likely N-dealkylation sites (tertiary alicyclic amines) is 1. The molecule has 25 heavy (non-hydrogen) atoms. The van der Waals surface area contributed by atoms with Crippen molar-refractivity contribution < 1.29 is 19.1 Å². The summed E-state index contributed by atoms with van der Waals surface area (Å²) in [4.78, 5) is 39.5. The number of benzene rings is 1. The second-order valence-corrected chi connectivity index (χ2v) is 6.55. The van der Waals surface area contributed by atoms with E-state index in [9.17, 15) is 14.4 Å². The van der Waals surface area contributed by atoms with Gasteiger partial charge in [-0.25, -0.2) is 4.79 Å². The minimum Gasteiger partial charge on any atom is -0.465 e. The fourth-order valence-electron chi connectivity index (χ4n) is 3.17. The van der Waals surface area contributed by atoms with Gasteiger partial charge < -0.3 is 14.5 Å². The van der Waals surface area contributed by atoms with E-state index >= 15 is 0 Å². The van der Waals surface area contributed by atoms with Gasteiger partial charge in [-0.1, -0.05) is 13.0 Å². The van der Waals surface area contributed by atoms with Gasteiger partial charge in [0.1, 0.15) is 0 Å². The molecule has 0 spiro atoms. The van der Waals surface area contributed by atoms with Crippen molar-refractivity contribution in [3.8, 4) is 0 Å². The second kappa shape index (κ2) is 8.65. The monoisotopic (exact) mass is 346 g/mol. The molecule has 0 aromatic heterocycles. The zero-order valence-corrected chi connectivity index (χ0v) is 15.2. The van der Waals surface area contributed by atoms with Crippen LogP contribution in [0.4, 0.5) is 5.69 Å². The van der Waals surface area contributed by atoms with Crippen molar-refractivity contribution in [1.82, 2.24) is 4.90 Å². The molecule has 1 heterocycles. The third-order valence-electron chi connectivity index (χ3n) is 4.52. The zero-order valence-electron chi connectivity index (χ0n) is 15.2. The summed E-state index contributed by atoms with van der Waals surface area (Å²) in [5, 5.41) is 0. The lowest BCUT2D eigenvalue weighted by atomic mass is 10.00. The van der Waals surface area contributed by atoms with Crippen molar-refractivity contribution in [3.05, 3.63) is 29.8 Å². The number of hydrogen-bond donors (Lipinski definition) is 0. The molecule has 2 rings (SSSR count). The lowest BCUT2D eigenvalue weighted by Crippen LogP contribution is -2.41. The number of carbonyl (C=O) groups excluding carboxylic acids is 3. The first kappa shape index (κ1) is 19.0. The molecule has 2 amide bonds. The highest BCUT2D eigenvalue weighted by molar-refractivity contribution is 5.95. The van der Waals surface area contributed by atoms with Crippen molar-refractivity contribution in [2.45, 2.75) is 33.1 Å². The first-order valence-electron chi connectivity index (χ1n) is 8.66. The summed E-state index contributed by atoms with van der Waals surface area (Å²) < 4.78 is 4.72. The van der Waals surface area contributed by atoms with Crippen molar-refractivity contribution in [2.24, 2.45) is 5.92 Å². The zero-order chi connectivity index (χ0) is 18.4. The number of nitrogens with zero attached hydrogens (tertiary/aromatic N) is 2. The Labute approximate surface area is 148 Å². The van der Waals surface area contributed by atoms with E-state index in [-0.39, 0.29) is 18.2 Å². The van der Waals surface area contributed by atoms with Crippen LogP contribution in [0.5, 0.6) is 0 Å². The van der Waals surface area contributed by atoms with Crippen LogP contribution in [0.3, 0.4) is 0 Å². The summed E-state index contributed by atoms with van der Waals surface area (Å²) in [6, 6.07) is 6.70. The van der Waals surface area contributed by atoms with Crippen LogP contribution in [0.15, 0.2) is 24.3 Å². The molecule has 1 atom stereocenters. The second-order valence-electron chi connectivity index (χ2n) is 6.55. The minimum absolute atomic E-state index is 0.0712. The van der Waals surface area contributed by atoms with Gasteiger partial charge in [0.15, 0.2) is 0 Å². The van der Waals surface area contributed by atoms with Crippen LogP contribution in [-0.4, -0.2) is 49.4 Å². The van der Waals surface area contributed by atoms with Crippen molar-refractivity contribution in [1.29, 1.82) is 0 Å². The molecular formula is C19H26N2O4. The maximum atomic E-state index is 12.4. The Morgan fingerprint density at radius 1 is 1.32 bits per heavy atom. The van der Waals surface area contributed by atoms with Crippen LogP contribution in [-0.2, 0) is 14.3 Å². The summed E-state index contributed by atoms with van der Waals surface area (Å²) in [5.74, 6) is -0.0224. The summed E-state index contributed by atoms with van der Waals surface area (Å²) in [5.41, 5.74) is 0.970. The Bertz CT molecular complexity index is 644. The summed E-state index contributed by atoms with van der Waals surface area (Å²) in [7, 11) is 1.32. The summed E-state index contributed by atoms with van der Waals surface area (Å²) in [6.07, 6.45) is 2.46. The number of esters is 1. The number of methoxy groups -OCH3 is 1. The molecule has 1 aromatic carbocycles. The molecule has 1 unspecified atom stereocenters. The maximum Gasteiger partial charge on any atom is 0.337 e. The first-order chi connectivity index (χ1) is 11.9. The van der Waals surface area contributed by atoms with Crippen LogP contribution >= 0.6 is 0 Å². The van der Waals surface area contributed by atoms with E-state index in [0.29, 0.717) is 23.7 Å². The standard InChI is InChI=1S/C19H26N2O4/c1-14-6-5-10-20(13-14)18(23)9-11-21(15(2)22)17-8-4-7-16(12-17)19(24)25-3/h4,7-8,12,14H,5-6,9-11,13H2,1-3H3. The van der Waals surface area contributed by atoms with Crippen LogP contribution in [0, 0.1) is 5.92 Å². The molecule has 6 nitrogen and oxygen atoms in total. The Hall–Kier alpha value is -2.37. The Balaban J connectivity index is 2.05. The molecule has 6 heteroatoms. The van der Waals surface area contributed by atoms with Crippen LogP contribution in [0.25, 0.3) is 0 Å². The highest BCUT2D eigenvalue weighted by Gasteiger charge is 2.22. The van der Waals surface area contributed by atoms with Gasteiger partial charge in [0.25, 0.3) is 0 Å². The molecule has 136 valence electrons. The number of hydrogen-bond acceptors (Lipinski definition) is 4. The normalized spacial score (nSPS) is 17.1. The van der Waals surface area contributed by atoms with Crippen LogP contribution < -0.4 is 4.90 Å². The number of rotatable bonds is 5. The predicted molar refractivity (Wildman–Crippen MR) is 95.4 cm³/mol. The summed E-state index contributed by atoms with van der Waals surface area (Å²) in [6.45, 7) is 5.49. The number of amides is 2. The SMILES string of the molecule is COC(=O)c1cccc(N(CCC(=O)N2CCCC(C)C2)C(C)=O)c1. The number of ether oxygens (including phenoxy) is 1. The van der Waals surface area contributed by atoms with Gasteiger partial charge >= 0.3 is 5.97 Å². The highest BCUT2D eigenvalue weighted by atomic mass is 16.5. The van der Waals surface area contributed by atoms with Gasteiger partial charge in [-0.2, -0.15) is 0 Å². The van der Waals surface area contributed by atoms with Crippen molar-refractivity contribution in [3.63, 3.8) is 0 Å². The number of piperidine rings is 1. The fraction of sp³-hybridized carbons (Fsp3) is 0.526. The molecule has 1 aliphatic heterocycles. The summed E-state index contributed by atoms with van der Waals surface area (Å²) >= 11 is 0. The number of carbonyl (C=O) groups is 3. The third-order valence-corrected chi connectivity index (χ3v) is 4.52. The Kier molecular flexibility index (Phi) is 6.56. The quantitative estimate of drug-likeness (QED) is 0.768.